The predicted molar refractivity (Wildman–Crippen MR) is 157 cm³/mol. The van der Waals surface area contributed by atoms with Gasteiger partial charge < -0.3 is 20.1 Å². The molecule has 3 aromatic rings. The molecule has 7 nitrogen and oxygen atoms in total. The highest BCUT2D eigenvalue weighted by Crippen LogP contribution is 2.28. The van der Waals surface area contributed by atoms with Crippen LogP contribution in [0.25, 0.3) is 0 Å². The van der Waals surface area contributed by atoms with E-state index in [1.54, 1.807) is 30.3 Å². The Kier molecular flexibility index (Phi) is 10.3. The normalized spacial score (nSPS) is 11.0. The first-order valence-electron chi connectivity index (χ1n) is 12.8. The van der Waals surface area contributed by atoms with Gasteiger partial charge in [0.2, 0.25) is 5.91 Å². The van der Waals surface area contributed by atoms with E-state index < -0.39 is 11.9 Å². The van der Waals surface area contributed by atoms with Crippen molar-refractivity contribution in [1.29, 1.82) is 0 Å². The first-order chi connectivity index (χ1) is 18.4. The molecule has 0 atom stereocenters. The monoisotopic (exact) mass is 594 g/mol. The molecule has 2 N–H and O–H groups in total. The summed E-state index contributed by atoms with van der Waals surface area (Å²) in [6.07, 6.45) is 0.498. The van der Waals surface area contributed by atoms with Crippen molar-refractivity contribution in [2.75, 3.05) is 17.2 Å². The van der Waals surface area contributed by atoms with Gasteiger partial charge in [0.25, 0.3) is 5.91 Å². The Balaban J connectivity index is 1.35. The highest BCUT2D eigenvalue weighted by atomic mass is 79.9. The molecule has 0 aromatic heterocycles. The predicted octanol–water partition coefficient (Wildman–Crippen LogP) is 7.45. The Bertz CT molecular complexity index is 1310. The summed E-state index contributed by atoms with van der Waals surface area (Å²) in [5.74, 6) is 0.239. The van der Waals surface area contributed by atoms with Gasteiger partial charge in [0, 0.05) is 28.7 Å². The van der Waals surface area contributed by atoms with Crippen LogP contribution in [-0.2, 0) is 24.5 Å². The van der Waals surface area contributed by atoms with E-state index in [4.69, 9.17) is 9.47 Å². The van der Waals surface area contributed by atoms with Gasteiger partial charge in [-0.2, -0.15) is 0 Å². The summed E-state index contributed by atoms with van der Waals surface area (Å²) in [6, 6.07) is 18.7. The van der Waals surface area contributed by atoms with Gasteiger partial charge in [-0.3, -0.25) is 14.4 Å². The Morgan fingerprint density at radius 2 is 1.38 bits per heavy atom. The number of hydrogen-bond donors (Lipinski definition) is 2. The Morgan fingerprint density at radius 1 is 0.769 bits per heavy atom. The topological polar surface area (TPSA) is 93.7 Å². The largest absolute Gasteiger partial charge is 0.457 e. The van der Waals surface area contributed by atoms with Crippen molar-refractivity contribution in [2.24, 2.45) is 0 Å². The summed E-state index contributed by atoms with van der Waals surface area (Å²) < 4.78 is 11.9. The number of halogens is 1. The van der Waals surface area contributed by atoms with E-state index >= 15 is 0 Å². The lowest BCUT2D eigenvalue weighted by atomic mass is 9.87. The van der Waals surface area contributed by atoms with Crippen molar-refractivity contribution >= 4 is 45.1 Å². The zero-order valence-corrected chi connectivity index (χ0v) is 24.6. The molecule has 0 heterocycles. The lowest BCUT2D eigenvalue weighted by molar-refractivity contribution is -0.147. The van der Waals surface area contributed by atoms with Gasteiger partial charge in [0.15, 0.2) is 6.61 Å². The van der Waals surface area contributed by atoms with E-state index in [1.807, 2.05) is 32.0 Å². The Hall–Kier alpha value is -3.65. The number of rotatable bonds is 10. The lowest BCUT2D eigenvalue weighted by Gasteiger charge is -2.19. The van der Waals surface area contributed by atoms with Crippen LogP contribution in [0.15, 0.2) is 65.1 Å². The van der Waals surface area contributed by atoms with Crippen molar-refractivity contribution in [2.45, 2.75) is 59.3 Å². The van der Waals surface area contributed by atoms with Gasteiger partial charge >= 0.3 is 5.97 Å². The molecule has 0 unspecified atom stereocenters. The van der Waals surface area contributed by atoms with E-state index in [-0.39, 0.29) is 30.8 Å². The molecule has 8 heteroatoms. The summed E-state index contributed by atoms with van der Waals surface area (Å²) in [7, 11) is 0. The molecule has 0 aliphatic rings. The van der Waals surface area contributed by atoms with E-state index in [1.165, 1.54) is 5.56 Å². The van der Waals surface area contributed by atoms with Crippen LogP contribution in [0.1, 0.15) is 56.7 Å². The molecular formula is C31H35BrN2O5. The number of carbonyl (C=O) groups excluding carboxylic acids is 3. The number of benzene rings is 3. The average molecular weight is 596 g/mol. The molecule has 0 saturated carbocycles. The second-order valence-corrected chi connectivity index (χ2v) is 11.2. The average Bonchev–Trinajstić information content (AvgIpc) is 2.89. The van der Waals surface area contributed by atoms with Crippen LogP contribution in [0.5, 0.6) is 11.5 Å². The number of esters is 1. The third kappa shape index (κ3) is 9.25. The molecular weight excluding hydrogens is 560 g/mol. The molecule has 3 aromatic carbocycles. The number of amides is 2. The highest BCUT2D eigenvalue weighted by Gasteiger charge is 2.14. The minimum Gasteiger partial charge on any atom is -0.457 e. The maximum Gasteiger partial charge on any atom is 0.306 e. The molecule has 3 rings (SSSR count). The SMILES string of the molecule is Cc1c(Br)ccc(NC(=O)COC(=O)CCCC(=O)Nc2ccc(Oc3ccc(C(C)(C)C)cc3)cc2)c1C. The summed E-state index contributed by atoms with van der Waals surface area (Å²) in [5, 5.41) is 5.56. The molecule has 0 saturated heterocycles. The maximum absolute atomic E-state index is 12.3. The fraction of sp³-hybridized carbons (Fsp3) is 0.323. The van der Waals surface area contributed by atoms with Gasteiger partial charge in [-0.25, -0.2) is 0 Å². The summed E-state index contributed by atoms with van der Waals surface area (Å²) >= 11 is 3.45. The number of carbonyl (C=O) groups is 3. The van der Waals surface area contributed by atoms with Gasteiger partial charge in [-0.15, -0.1) is 0 Å². The zero-order valence-electron chi connectivity index (χ0n) is 23.0. The van der Waals surface area contributed by atoms with Crippen LogP contribution in [0.3, 0.4) is 0 Å². The van der Waals surface area contributed by atoms with Crippen molar-refractivity contribution in [3.05, 3.63) is 81.8 Å². The van der Waals surface area contributed by atoms with Crippen LogP contribution in [0, 0.1) is 13.8 Å². The number of anilines is 2. The third-order valence-corrected chi connectivity index (χ3v) is 7.10. The number of ether oxygens (including phenoxy) is 2. The Morgan fingerprint density at radius 3 is 2.00 bits per heavy atom. The quantitative estimate of drug-likeness (QED) is 0.238. The van der Waals surface area contributed by atoms with E-state index in [0.717, 1.165) is 21.3 Å². The molecule has 0 aliphatic carbocycles. The van der Waals surface area contributed by atoms with Crippen LogP contribution in [0.4, 0.5) is 11.4 Å². The smallest absolute Gasteiger partial charge is 0.306 e. The lowest BCUT2D eigenvalue weighted by Crippen LogP contribution is -2.21. The van der Waals surface area contributed by atoms with Crippen molar-refractivity contribution in [3.63, 3.8) is 0 Å². The molecule has 0 fully saturated rings. The van der Waals surface area contributed by atoms with Gasteiger partial charge in [0.05, 0.1) is 0 Å². The number of nitrogens with one attached hydrogen (secondary N) is 2. The van der Waals surface area contributed by atoms with Crippen molar-refractivity contribution < 1.29 is 23.9 Å². The van der Waals surface area contributed by atoms with E-state index in [2.05, 4.69) is 59.5 Å². The molecule has 0 aliphatic heterocycles. The molecule has 0 radical (unpaired) electrons. The summed E-state index contributed by atoms with van der Waals surface area (Å²) in [5.41, 5.74) is 4.57. The van der Waals surface area contributed by atoms with Crippen LogP contribution in [-0.4, -0.2) is 24.4 Å². The first kappa shape index (κ1) is 29.9. The van der Waals surface area contributed by atoms with Crippen molar-refractivity contribution in [3.8, 4) is 11.5 Å². The Labute approximate surface area is 238 Å². The summed E-state index contributed by atoms with van der Waals surface area (Å²) in [6.45, 7) is 9.96. The minimum atomic E-state index is -0.529. The number of hydrogen-bond acceptors (Lipinski definition) is 5. The molecule has 0 spiro atoms. The second kappa shape index (κ2) is 13.4. The van der Waals surface area contributed by atoms with Crippen molar-refractivity contribution in [1.82, 2.24) is 0 Å². The van der Waals surface area contributed by atoms with Crippen LogP contribution >= 0.6 is 15.9 Å². The van der Waals surface area contributed by atoms with Gasteiger partial charge in [-0.1, -0.05) is 48.8 Å². The fourth-order valence-electron chi connectivity index (χ4n) is 3.71. The standard InChI is InChI=1S/C31H35BrN2O5/c1-20-21(2)27(18-17-26(20)32)34-29(36)19-38-30(37)8-6-7-28(35)33-23-11-15-25(16-12-23)39-24-13-9-22(10-14-24)31(3,4)5/h9-18H,6-8,19H2,1-5H3,(H,33,35)(H,34,36). The molecule has 206 valence electrons. The zero-order chi connectivity index (χ0) is 28.6. The fourth-order valence-corrected chi connectivity index (χ4v) is 4.14. The van der Waals surface area contributed by atoms with Gasteiger partial charge in [0.1, 0.15) is 11.5 Å². The highest BCUT2D eigenvalue weighted by molar-refractivity contribution is 9.10. The minimum absolute atomic E-state index is 0.0396. The van der Waals surface area contributed by atoms with E-state index in [9.17, 15) is 14.4 Å². The molecule has 2 amide bonds. The summed E-state index contributed by atoms with van der Waals surface area (Å²) in [4.78, 5) is 36.4. The van der Waals surface area contributed by atoms with Crippen LogP contribution < -0.4 is 15.4 Å². The first-order valence-corrected chi connectivity index (χ1v) is 13.6. The van der Waals surface area contributed by atoms with E-state index in [0.29, 0.717) is 23.5 Å². The maximum atomic E-state index is 12.3. The third-order valence-electron chi connectivity index (χ3n) is 6.24. The molecule has 39 heavy (non-hydrogen) atoms. The van der Waals surface area contributed by atoms with Crippen LogP contribution in [0.2, 0.25) is 0 Å². The second-order valence-electron chi connectivity index (χ2n) is 10.4. The van der Waals surface area contributed by atoms with Gasteiger partial charge in [-0.05, 0) is 90.9 Å². The molecule has 0 bridgehead atoms.